The number of amides is 1. The second-order valence-electron chi connectivity index (χ2n) is 11.0. The molecule has 4 aliphatic rings. The highest BCUT2D eigenvalue weighted by molar-refractivity contribution is 5.93. The highest BCUT2D eigenvalue weighted by atomic mass is 16.2. The first-order chi connectivity index (χ1) is 15.5. The van der Waals surface area contributed by atoms with Crippen LogP contribution in [0.2, 0.25) is 0 Å². The van der Waals surface area contributed by atoms with E-state index in [2.05, 4.69) is 10.3 Å². The van der Waals surface area contributed by atoms with Crippen LogP contribution in [0.5, 0.6) is 0 Å². The molecule has 5 unspecified atom stereocenters. The normalized spacial score (nSPS) is 33.9. The number of aromatic nitrogens is 3. The first-order valence-corrected chi connectivity index (χ1v) is 11.9. The van der Waals surface area contributed by atoms with E-state index in [4.69, 9.17) is 0 Å². The van der Waals surface area contributed by atoms with Gasteiger partial charge in [0.05, 0.1) is 12.2 Å². The average molecular weight is 429 g/mol. The summed E-state index contributed by atoms with van der Waals surface area (Å²) in [6, 6.07) is 10.8. The summed E-state index contributed by atoms with van der Waals surface area (Å²) in [7, 11) is 0. The minimum absolute atomic E-state index is 0.0305. The van der Waals surface area contributed by atoms with Crippen molar-refractivity contribution in [2.45, 2.75) is 45.1 Å². The minimum Gasteiger partial charge on any atom is -0.350 e. The zero-order valence-corrected chi connectivity index (χ0v) is 18.2. The van der Waals surface area contributed by atoms with Crippen LogP contribution < -0.4 is 10.9 Å². The molecule has 4 fully saturated rings. The number of imidazole rings is 1. The van der Waals surface area contributed by atoms with Crippen LogP contribution in [-0.2, 0) is 6.54 Å². The number of carbonyl (C=O) groups is 1. The third kappa shape index (κ3) is 2.55. The number of pyridine rings is 2. The maximum atomic E-state index is 13.2. The molecule has 3 heterocycles. The van der Waals surface area contributed by atoms with E-state index in [0.29, 0.717) is 23.1 Å². The lowest BCUT2D eigenvalue weighted by Crippen LogP contribution is -2.43. The van der Waals surface area contributed by atoms with Gasteiger partial charge in [0.2, 0.25) is 0 Å². The minimum atomic E-state index is -0.0598. The van der Waals surface area contributed by atoms with E-state index >= 15 is 0 Å². The lowest BCUT2D eigenvalue weighted by molar-refractivity contribution is -0.00254. The molecule has 32 heavy (non-hydrogen) atoms. The summed E-state index contributed by atoms with van der Waals surface area (Å²) >= 11 is 0. The van der Waals surface area contributed by atoms with Gasteiger partial charge in [0, 0.05) is 25.0 Å². The van der Waals surface area contributed by atoms with Crippen LogP contribution in [0.15, 0.2) is 53.6 Å². The summed E-state index contributed by atoms with van der Waals surface area (Å²) < 4.78 is 3.48. The molecule has 7 rings (SSSR count). The summed E-state index contributed by atoms with van der Waals surface area (Å²) in [5.74, 6) is 2.75. The number of nitrogens with zero attached hydrogens (tertiary/aromatic N) is 3. The molecule has 0 radical (unpaired) electrons. The topological polar surface area (TPSA) is 68.4 Å². The number of hydrogen-bond acceptors (Lipinski definition) is 3. The van der Waals surface area contributed by atoms with Gasteiger partial charge in [0.1, 0.15) is 11.3 Å². The fourth-order valence-electron chi connectivity index (χ4n) is 8.19. The van der Waals surface area contributed by atoms with E-state index in [-0.39, 0.29) is 11.5 Å². The van der Waals surface area contributed by atoms with Crippen molar-refractivity contribution in [1.29, 1.82) is 0 Å². The van der Waals surface area contributed by atoms with E-state index in [1.807, 2.05) is 34.9 Å². The van der Waals surface area contributed by atoms with Gasteiger partial charge in [0.25, 0.3) is 11.5 Å². The largest absolute Gasteiger partial charge is 0.350 e. The van der Waals surface area contributed by atoms with Gasteiger partial charge in [-0.2, -0.15) is 0 Å². The second-order valence-corrected chi connectivity index (χ2v) is 11.0. The van der Waals surface area contributed by atoms with Crippen molar-refractivity contribution in [3.63, 3.8) is 0 Å². The number of nitrogens with one attached hydrogen (secondary N) is 1. The van der Waals surface area contributed by atoms with E-state index in [9.17, 15) is 9.59 Å². The molecule has 164 valence electrons. The fraction of sp³-hybridized carbons (Fsp3) is 0.500. The van der Waals surface area contributed by atoms with Crippen molar-refractivity contribution in [3.8, 4) is 0 Å². The SMILES string of the molecule is O=C(NCC12CC3CC4CC(C1)C4(C3)C2)c1cccc2nc(Cn3ccccc3=O)cn12. The Balaban J connectivity index is 1.12. The molecule has 0 saturated heterocycles. The molecular formula is C26H28N4O2. The van der Waals surface area contributed by atoms with E-state index in [1.165, 1.54) is 38.5 Å². The molecule has 0 aliphatic heterocycles. The molecule has 6 nitrogen and oxygen atoms in total. The molecule has 5 atom stereocenters. The van der Waals surface area contributed by atoms with Gasteiger partial charge in [-0.05, 0) is 85.3 Å². The van der Waals surface area contributed by atoms with Crippen LogP contribution in [0, 0.1) is 28.6 Å². The third-order valence-electron chi connectivity index (χ3n) is 9.22. The Morgan fingerprint density at radius 2 is 2.03 bits per heavy atom. The fourth-order valence-corrected chi connectivity index (χ4v) is 8.19. The Morgan fingerprint density at radius 3 is 2.94 bits per heavy atom. The smallest absolute Gasteiger partial charge is 0.268 e. The van der Waals surface area contributed by atoms with Crippen LogP contribution in [0.25, 0.3) is 5.65 Å². The molecule has 4 aliphatic carbocycles. The molecule has 1 spiro atoms. The zero-order chi connectivity index (χ0) is 21.5. The lowest BCUT2D eigenvalue weighted by Gasteiger charge is -2.49. The first-order valence-electron chi connectivity index (χ1n) is 11.9. The molecule has 3 bridgehead atoms. The van der Waals surface area contributed by atoms with Crippen LogP contribution in [-0.4, -0.2) is 26.4 Å². The Kier molecular flexibility index (Phi) is 3.69. The predicted octanol–water partition coefficient (Wildman–Crippen LogP) is 3.49. The summed E-state index contributed by atoms with van der Waals surface area (Å²) in [5.41, 5.74) is 2.99. The predicted molar refractivity (Wildman–Crippen MR) is 120 cm³/mol. The Morgan fingerprint density at radius 1 is 1.09 bits per heavy atom. The molecule has 0 aromatic carbocycles. The second kappa shape index (κ2) is 6.33. The summed E-state index contributed by atoms with van der Waals surface area (Å²) in [6.45, 7) is 1.18. The van der Waals surface area contributed by atoms with E-state index in [0.717, 1.165) is 35.6 Å². The number of hydrogen-bond donors (Lipinski definition) is 1. The molecule has 1 amide bonds. The number of carbonyl (C=O) groups excluding carboxylic acids is 1. The highest BCUT2D eigenvalue weighted by Gasteiger charge is 2.70. The van der Waals surface area contributed by atoms with Gasteiger partial charge in [-0.15, -0.1) is 0 Å². The molecular weight excluding hydrogens is 400 g/mol. The quantitative estimate of drug-likeness (QED) is 0.676. The zero-order valence-electron chi connectivity index (χ0n) is 18.2. The lowest BCUT2D eigenvalue weighted by atomic mass is 9.55. The maximum absolute atomic E-state index is 13.2. The maximum Gasteiger partial charge on any atom is 0.268 e. The Labute approximate surface area is 186 Å². The molecule has 1 N–H and O–H groups in total. The van der Waals surface area contributed by atoms with Gasteiger partial charge >= 0.3 is 0 Å². The van der Waals surface area contributed by atoms with Gasteiger partial charge in [-0.3, -0.25) is 14.0 Å². The average Bonchev–Trinajstić information content (AvgIpc) is 3.34. The molecule has 6 heteroatoms. The molecule has 3 aromatic heterocycles. The van der Waals surface area contributed by atoms with Gasteiger partial charge in [-0.25, -0.2) is 4.98 Å². The van der Waals surface area contributed by atoms with Crippen LogP contribution >= 0.6 is 0 Å². The monoisotopic (exact) mass is 428 g/mol. The van der Waals surface area contributed by atoms with Crippen molar-refractivity contribution < 1.29 is 4.79 Å². The van der Waals surface area contributed by atoms with Crippen LogP contribution in [0.3, 0.4) is 0 Å². The number of fused-ring (bicyclic) bond motifs is 3. The standard InChI is InChI=1S/C26H28N4O2/c31-23-6-1-2-7-29(23)13-20-14-30-21(4-3-5-22(30)28-20)24(32)27-16-25-10-17-8-18-9-19(12-25)26(18,11-17)15-25/h1-7,14,17-19H,8-13,15-16H2,(H,27,32). The summed E-state index contributed by atoms with van der Waals surface area (Å²) in [5, 5.41) is 3.31. The summed E-state index contributed by atoms with van der Waals surface area (Å²) in [6.07, 6.45) is 11.9. The van der Waals surface area contributed by atoms with Gasteiger partial charge in [-0.1, -0.05) is 12.1 Å². The van der Waals surface area contributed by atoms with Crippen molar-refractivity contribution >= 4 is 11.6 Å². The van der Waals surface area contributed by atoms with Crippen molar-refractivity contribution in [2.75, 3.05) is 6.54 Å². The third-order valence-corrected chi connectivity index (χ3v) is 9.22. The Bertz CT molecular complexity index is 1300. The number of rotatable bonds is 5. The van der Waals surface area contributed by atoms with Gasteiger partial charge < -0.3 is 9.88 Å². The first kappa shape index (κ1) is 18.7. The Hall–Kier alpha value is -2.89. The van der Waals surface area contributed by atoms with Crippen LogP contribution in [0.4, 0.5) is 0 Å². The van der Waals surface area contributed by atoms with Crippen molar-refractivity contribution in [1.82, 2.24) is 19.3 Å². The summed E-state index contributed by atoms with van der Waals surface area (Å²) in [4.78, 5) is 29.9. The van der Waals surface area contributed by atoms with E-state index < -0.39 is 0 Å². The van der Waals surface area contributed by atoms with Crippen molar-refractivity contribution in [3.05, 3.63) is 70.5 Å². The highest BCUT2D eigenvalue weighted by Crippen LogP contribution is 2.78. The molecule has 3 aromatic rings. The van der Waals surface area contributed by atoms with Crippen LogP contribution in [0.1, 0.15) is 54.7 Å². The van der Waals surface area contributed by atoms with Crippen molar-refractivity contribution in [2.24, 2.45) is 28.6 Å². The molecule has 4 saturated carbocycles. The van der Waals surface area contributed by atoms with Gasteiger partial charge in [0.15, 0.2) is 0 Å². The van der Waals surface area contributed by atoms with E-state index in [1.54, 1.807) is 22.9 Å².